The number of rotatable bonds is 6. The summed E-state index contributed by atoms with van der Waals surface area (Å²) in [6.45, 7) is 0. The molecular formula is C54H33NO2S. The van der Waals surface area contributed by atoms with Gasteiger partial charge in [-0.2, -0.15) is 0 Å². The fourth-order valence-corrected chi connectivity index (χ4v) is 10.1. The number of nitrogens with zero attached hydrogens (tertiary/aromatic N) is 1. The average molecular weight is 760 g/mol. The summed E-state index contributed by atoms with van der Waals surface area (Å²) in [5, 5.41) is 7.04. The van der Waals surface area contributed by atoms with Gasteiger partial charge >= 0.3 is 0 Å². The maximum Gasteiger partial charge on any atom is 0.143 e. The number of hydrogen-bond acceptors (Lipinski definition) is 4. The number of thiophene rings is 1. The molecule has 0 aliphatic carbocycles. The van der Waals surface area contributed by atoms with Crippen LogP contribution in [0, 0.1) is 0 Å². The van der Waals surface area contributed by atoms with Crippen LogP contribution in [0.5, 0.6) is 0 Å². The highest BCUT2D eigenvalue weighted by Crippen LogP contribution is 2.48. The SMILES string of the molecule is c1ccc(-c2cccc3c2sc2c(N(c4ccc(-c5ccc(-c6cccc7c6oc6ccccc67)cc5)cc4)c4ccc5c(c4)oc4ccccc45)cccc23)cc1. The molecule has 0 unspecified atom stereocenters. The Hall–Kier alpha value is -7.40. The third-order valence-electron chi connectivity index (χ3n) is 11.5. The molecule has 9 aromatic carbocycles. The summed E-state index contributed by atoms with van der Waals surface area (Å²) < 4.78 is 15.3. The second-order valence-electron chi connectivity index (χ2n) is 14.8. The van der Waals surface area contributed by atoms with Gasteiger partial charge in [-0.25, -0.2) is 0 Å². The van der Waals surface area contributed by atoms with Crippen LogP contribution in [0.4, 0.5) is 17.1 Å². The minimum absolute atomic E-state index is 0.869. The highest BCUT2D eigenvalue weighted by atomic mass is 32.1. The highest BCUT2D eigenvalue weighted by Gasteiger charge is 2.21. The molecule has 0 N–H and O–H groups in total. The molecule has 3 heterocycles. The van der Waals surface area contributed by atoms with Gasteiger partial charge in [0.2, 0.25) is 0 Å². The van der Waals surface area contributed by atoms with Crippen LogP contribution >= 0.6 is 11.3 Å². The third-order valence-corrected chi connectivity index (χ3v) is 12.8. The second kappa shape index (κ2) is 13.1. The van der Waals surface area contributed by atoms with Gasteiger partial charge in [-0.05, 0) is 70.3 Å². The first kappa shape index (κ1) is 32.8. The number of fused-ring (bicyclic) bond motifs is 9. The van der Waals surface area contributed by atoms with Crippen LogP contribution < -0.4 is 4.90 Å². The Bertz CT molecular complexity index is 3500. The summed E-state index contributed by atoms with van der Waals surface area (Å²) in [6.07, 6.45) is 0. The first-order valence-electron chi connectivity index (χ1n) is 19.6. The lowest BCUT2D eigenvalue weighted by Gasteiger charge is -2.26. The van der Waals surface area contributed by atoms with Gasteiger partial charge in [0.05, 0.1) is 10.4 Å². The maximum absolute atomic E-state index is 6.44. The Morgan fingerprint density at radius 2 is 0.862 bits per heavy atom. The van der Waals surface area contributed by atoms with Crippen LogP contribution in [-0.2, 0) is 0 Å². The van der Waals surface area contributed by atoms with E-state index < -0.39 is 0 Å². The van der Waals surface area contributed by atoms with Crippen molar-refractivity contribution in [1.82, 2.24) is 0 Å². The van der Waals surface area contributed by atoms with E-state index in [0.29, 0.717) is 0 Å². The average Bonchev–Trinajstić information content (AvgIpc) is 3.99. The van der Waals surface area contributed by atoms with Crippen LogP contribution in [-0.4, -0.2) is 0 Å². The standard InChI is InChI=1S/C54H33NO2S/c1-2-11-36(12-3-1)41-16-9-18-46-47-19-10-20-48(54(47)58-53(41)46)55(39-31-32-44-42-13-4-6-21-49(42)56-51(44)33-39)38-29-27-35(28-30-38)34-23-25-37(26-24-34)40-15-8-17-45-43-14-5-7-22-50(43)57-52(40)45/h1-33H. The van der Waals surface area contributed by atoms with Crippen LogP contribution in [0.25, 0.3) is 97.4 Å². The smallest absolute Gasteiger partial charge is 0.143 e. The van der Waals surface area contributed by atoms with Crippen molar-refractivity contribution in [3.63, 3.8) is 0 Å². The molecule has 3 aromatic heterocycles. The van der Waals surface area contributed by atoms with E-state index in [1.165, 1.54) is 31.3 Å². The number of para-hydroxylation sites is 3. The lowest BCUT2D eigenvalue weighted by atomic mass is 9.98. The molecule has 12 aromatic rings. The van der Waals surface area contributed by atoms with Crippen LogP contribution in [0.2, 0.25) is 0 Å². The minimum atomic E-state index is 0.869. The summed E-state index contributed by atoms with van der Waals surface area (Å²) in [5.74, 6) is 0. The van der Waals surface area contributed by atoms with Crippen molar-refractivity contribution < 1.29 is 8.83 Å². The molecule has 12 rings (SSSR count). The zero-order valence-corrected chi connectivity index (χ0v) is 32.0. The monoisotopic (exact) mass is 759 g/mol. The van der Waals surface area contributed by atoms with E-state index >= 15 is 0 Å². The molecule has 0 aliphatic rings. The van der Waals surface area contributed by atoms with E-state index in [0.717, 1.165) is 83.2 Å². The Kier molecular flexibility index (Phi) is 7.40. The molecule has 0 spiro atoms. The first-order chi connectivity index (χ1) is 28.7. The Morgan fingerprint density at radius 3 is 1.64 bits per heavy atom. The largest absolute Gasteiger partial charge is 0.456 e. The van der Waals surface area contributed by atoms with Gasteiger partial charge in [0, 0.05) is 60.0 Å². The quantitative estimate of drug-likeness (QED) is 0.169. The van der Waals surface area contributed by atoms with Crippen molar-refractivity contribution in [2.75, 3.05) is 4.90 Å². The first-order valence-corrected chi connectivity index (χ1v) is 20.4. The molecule has 0 atom stereocenters. The summed E-state index contributed by atoms with van der Waals surface area (Å²) in [7, 11) is 0. The fraction of sp³-hybridized carbons (Fsp3) is 0. The van der Waals surface area contributed by atoms with E-state index in [1.807, 2.05) is 35.6 Å². The van der Waals surface area contributed by atoms with Gasteiger partial charge in [0.1, 0.15) is 22.3 Å². The van der Waals surface area contributed by atoms with Gasteiger partial charge in [0.15, 0.2) is 0 Å². The molecular weight excluding hydrogens is 727 g/mol. The van der Waals surface area contributed by atoms with Crippen molar-refractivity contribution in [2.24, 2.45) is 0 Å². The summed E-state index contributed by atoms with van der Waals surface area (Å²) in [4.78, 5) is 2.38. The van der Waals surface area contributed by atoms with Gasteiger partial charge in [-0.15, -0.1) is 11.3 Å². The minimum Gasteiger partial charge on any atom is -0.456 e. The molecule has 0 bridgehead atoms. The number of hydrogen-bond donors (Lipinski definition) is 0. The van der Waals surface area contributed by atoms with Crippen molar-refractivity contribution in [3.8, 4) is 33.4 Å². The molecule has 58 heavy (non-hydrogen) atoms. The third kappa shape index (κ3) is 5.19. The zero-order chi connectivity index (χ0) is 38.2. The topological polar surface area (TPSA) is 29.5 Å². The molecule has 0 radical (unpaired) electrons. The van der Waals surface area contributed by atoms with Gasteiger partial charge in [0.25, 0.3) is 0 Å². The second-order valence-corrected chi connectivity index (χ2v) is 15.8. The molecule has 0 fully saturated rings. The summed E-state index contributed by atoms with van der Waals surface area (Å²) in [6, 6.07) is 71.4. The Balaban J connectivity index is 0.973. The van der Waals surface area contributed by atoms with Crippen molar-refractivity contribution in [2.45, 2.75) is 0 Å². The Morgan fingerprint density at radius 1 is 0.328 bits per heavy atom. The van der Waals surface area contributed by atoms with Crippen molar-refractivity contribution in [3.05, 3.63) is 200 Å². The zero-order valence-electron chi connectivity index (χ0n) is 31.2. The molecule has 0 amide bonds. The van der Waals surface area contributed by atoms with E-state index in [-0.39, 0.29) is 0 Å². The van der Waals surface area contributed by atoms with E-state index in [1.54, 1.807) is 0 Å². The Labute approximate surface area is 338 Å². The van der Waals surface area contributed by atoms with Crippen molar-refractivity contribution >= 4 is 92.4 Å². The molecule has 3 nitrogen and oxygen atoms in total. The molecule has 272 valence electrons. The van der Waals surface area contributed by atoms with Gasteiger partial charge in [-0.3, -0.25) is 0 Å². The predicted molar refractivity (Wildman–Crippen MR) is 245 cm³/mol. The number of furan rings is 2. The lowest BCUT2D eigenvalue weighted by molar-refractivity contribution is 0.669. The molecule has 0 saturated carbocycles. The number of anilines is 3. The summed E-state index contributed by atoms with van der Waals surface area (Å²) >= 11 is 1.86. The lowest BCUT2D eigenvalue weighted by Crippen LogP contribution is -2.10. The molecule has 4 heteroatoms. The predicted octanol–water partition coefficient (Wildman–Crippen LogP) is 16.3. The van der Waals surface area contributed by atoms with E-state index in [4.69, 9.17) is 8.83 Å². The normalized spacial score (nSPS) is 11.8. The van der Waals surface area contributed by atoms with Crippen LogP contribution in [0.15, 0.2) is 209 Å². The summed E-state index contributed by atoms with van der Waals surface area (Å²) in [5.41, 5.74) is 13.8. The van der Waals surface area contributed by atoms with Crippen LogP contribution in [0.1, 0.15) is 0 Å². The maximum atomic E-state index is 6.44. The fourth-order valence-electron chi connectivity index (χ4n) is 8.73. The van der Waals surface area contributed by atoms with Gasteiger partial charge < -0.3 is 13.7 Å². The molecule has 0 aliphatic heterocycles. The highest BCUT2D eigenvalue weighted by molar-refractivity contribution is 7.27. The van der Waals surface area contributed by atoms with Gasteiger partial charge in [-0.1, -0.05) is 152 Å². The van der Waals surface area contributed by atoms with E-state index in [9.17, 15) is 0 Å². The van der Waals surface area contributed by atoms with E-state index in [2.05, 4.69) is 181 Å². The van der Waals surface area contributed by atoms with Crippen molar-refractivity contribution in [1.29, 1.82) is 0 Å². The molecule has 0 saturated heterocycles. The van der Waals surface area contributed by atoms with Crippen LogP contribution in [0.3, 0.4) is 0 Å². The number of benzene rings is 9.